The number of aryl methyl sites for hydroxylation is 1. The summed E-state index contributed by atoms with van der Waals surface area (Å²) in [5.41, 5.74) is 13.3. The van der Waals surface area contributed by atoms with Gasteiger partial charge in [0, 0.05) is 17.0 Å². The van der Waals surface area contributed by atoms with Gasteiger partial charge >= 0.3 is 6.18 Å². The fourth-order valence-electron chi connectivity index (χ4n) is 3.96. The SMILES string of the molecule is Cc1ccc(-c2nc(C(F)(F)F)ccc2C(N)=O)cc1-c1ccc2cnn(-c3cc(N)ncn3)c2c1. The van der Waals surface area contributed by atoms with Crippen molar-refractivity contribution in [2.24, 2.45) is 5.73 Å². The fourth-order valence-corrected chi connectivity index (χ4v) is 3.96. The highest BCUT2D eigenvalue weighted by molar-refractivity contribution is 5.99. The number of halogens is 3. The molecule has 0 fully saturated rings. The molecule has 4 N–H and O–H groups in total. The van der Waals surface area contributed by atoms with E-state index < -0.39 is 17.8 Å². The van der Waals surface area contributed by atoms with E-state index >= 15 is 0 Å². The van der Waals surface area contributed by atoms with Crippen molar-refractivity contribution in [3.05, 3.63) is 83.9 Å². The number of anilines is 1. The Kier molecular flexibility index (Phi) is 5.39. The summed E-state index contributed by atoms with van der Waals surface area (Å²) < 4.78 is 41.6. The highest BCUT2D eigenvalue weighted by Crippen LogP contribution is 2.35. The lowest BCUT2D eigenvalue weighted by Gasteiger charge is -2.14. The van der Waals surface area contributed by atoms with Crippen molar-refractivity contribution in [2.45, 2.75) is 13.1 Å². The van der Waals surface area contributed by atoms with Crippen LogP contribution in [0.3, 0.4) is 0 Å². The van der Waals surface area contributed by atoms with Crippen molar-refractivity contribution in [1.29, 1.82) is 0 Å². The number of carbonyl (C=O) groups excluding carboxylic acids is 1. The lowest BCUT2D eigenvalue weighted by atomic mass is 9.95. The van der Waals surface area contributed by atoms with Crippen LogP contribution in [0.1, 0.15) is 21.6 Å². The molecular formula is C25H18F3N7O. The minimum atomic E-state index is -4.67. The minimum Gasteiger partial charge on any atom is -0.384 e. The smallest absolute Gasteiger partial charge is 0.384 e. The van der Waals surface area contributed by atoms with Crippen LogP contribution in [0.4, 0.5) is 19.0 Å². The number of fused-ring (bicyclic) bond motifs is 1. The van der Waals surface area contributed by atoms with Crippen LogP contribution in [-0.2, 0) is 6.18 Å². The Balaban J connectivity index is 1.66. The van der Waals surface area contributed by atoms with Crippen molar-refractivity contribution < 1.29 is 18.0 Å². The van der Waals surface area contributed by atoms with E-state index in [0.717, 1.165) is 39.7 Å². The predicted molar refractivity (Wildman–Crippen MR) is 128 cm³/mol. The quantitative estimate of drug-likeness (QED) is 0.381. The molecule has 2 aromatic carbocycles. The summed E-state index contributed by atoms with van der Waals surface area (Å²) in [6.07, 6.45) is -1.65. The topological polar surface area (TPSA) is 126 Å². The first-order chi connectivity index (χ1) is 17.1. The van der Waals surface area contributed by atoms with Gasteiger partial charge in [-0.15, -0.1) is 0 Å². The molecule has 0 aliphatic carbocycles. The van der Waals surface area contributed by atoms with Gasteiger partial charge in [0.15, 0.2) is 5.82 Å². The van der Waals surface area contributed by atoms with Gasteiger partial charge in [0.1, 0.15) is 17.8 Å². The van der Waals surface area contributed by atoms with Crippen LogP contribution in [0.2, 0.25) is 0 Å². The van der Waals surface area contributed by atoms with Crippen molar-refractivity contribution in [2.75, 3.05) is 5.73 Å². The Labute approximate surface area is 202 Å². The van der Waals surface area contributed by atoms with Crippen LogP contribution in [0.5, 0.6) is 0 Å². The van der Waals surface area contributed by atoms with Gasteiger partial charge in [0.25, 0.3) is 5.91 Å². The molecule has 5 rings (SSSR count). The molecule has 8 nitrogen and oxygen atoms in total. The maximum absolute atomic E-state index is 13.3. The van der Waals surface area contributed by atoms with E-state index in [1.54, 1.807) is 35.1 Å². The Bertz CT molecular complexity index is 1640. The number of nitrogens with two attached hydrogens (primary N) is 2. The number of amides is 1. The predicted octanol–water partition coefficient (Wildman–Crippen LogP) is 4.55. The molecule has 0 saturated carbocycles. The molecule has 5 aromatic rings. The Morgan fingerprint density at radius 3 is 2.47 bits per heavy atom. The Morgan fingerprint density at radius 1 is 0.972 bits per heavy atom. The number of hydrogen-bond donors (Lipinski definition) is 2. The van der Waals surface area contributed by atoms with Gasteiger partial charge in [0.05, 0.1) is 23.0 Å². The number of carbonyl (C=O) groups is 1. The van der Waals surface area contributed by atoms with Crippen LogP contribution in [0.25, 0.3) is 39.1 Å². The first kappa shape index (κ1) is 23.0. The second-order valence-corrected chi connectivity index (χ2v) is 8.12. The van der Waals surface area contributed by atoms with Gasteiger partial charge < -0.3 is 11.5 Å². The molecule has 0 unspecified atom stereocenters. The van der Waals surface area contributed by atoms with Crippen LogP contribution < -0.4 is 11.5 Å². The molecule has 0 aliphatic rings. The Morgan fingerprint density at radius 2 is 1.75 bits per heavy atom. The van der Waals surface area contributed by atoms with Crippen LogP contribution >= 0.6 is 0 Å². The molecule has 36 heavy (non-hydrogen) atoms. The molecular weight excluding hydrogens is 471 g/mol. The van der Waals surface area contributed by atoms with Gasteiger partial charge in [-0.05, 0) is 47.9 Å². The molecule has 0 saturated heterocycles. The molecule has 0 radical (unpaired) electrons. The van der Waals surface area contributed by atoms with E-state index in [1.807, 2.05) is 25.1 Å². The first-order valence-electron chi connectivity index (χ1n) is 10.7. The molecule has 11 heteroatoms. The summed E-state index contributed by atoms with van der Waals surface area (Å²) in [7, 11) is 0. The standard InChI is InChI=1S/C25H18F3N7O/c1-13-2-3-15(23-17(24(30)36)6-7-20(34-23)25(26,27)28)8-18(13)14-4-5-16-11-33-35(19(16)9-14)22-10-21(29)31-12-32-22/h2-12H,1H3,(H2,30,36)(H2,29,31,32). The molecule has 0 aliphatic heterocycles. The van der Waals surface area contributed by atoms with Crippen molar-refractivity contribution in [3.63, 3.8) is 0 Å². The zero-order valence-corrected chi connectivity index (χ0v) is 18.8. The third kappa shape index (κ3) is 4.11. The van der Waals surface area contributed by atoms with Crippen molar-refractivity contribution >= 4 is 22.6 Å². The summed E-state index contributed by atoms with van der Waals surface area (Å²) in [5.74, 6) is -0.0932. The minimum absolute atomic E-state index is 0.104. The van der Waals surface area contributed by atoms with E-state index in [0.29, 0.717) is 17.2 Å². The maximum Gasteiger partial charge on any atom is 0.433 e. The van der Waals surface area contributed by atoms with E-state index in [2.05, 4.69) is 20.1 Å². The number of pyridine rings is 1. The third-order valence-corrected chi connectivity index (χ3v) is 5.73. The van der Waals surface area contributed by atoms with Gasteiger partial charge in [0.2, 0.25) is 0 Å². The molecule has 0 spiro atoms. The largest absolute Gasteiger partial charge is 0.433 e. The summed E-state index contributed by atoms with van der Waals surface area (Å²) in [6, 6.07) is 14.1. The van der Waals surface area contributed by atoms with Gasteiger partial charge in [-0.1, -0.05) is 24.3 Å². The molecule has 0 bridgehead atoms. The van der Waals surface area contributed by atoms with Crippen molar-refractivity contribution in [1.82, 2.24) is 24.7 Å². The average Bonchev–Trinajstić information content (AvgIpc) is 3.27. The van der Waals surface area contributed by atoms with E-state index in [-0.39, 0.29) is 11.3 Å². The van der Waals surface area contributed by atoms with Gasteiger partial charge in [-0.3, -0.25) is 4.79 Å². The second kappa shape index (κ2) is 8.45. The number of hydrogen-bond acceptors (Lipinski definition) is 6. The fraction of sp³-hybridized carbons (Fsp3) is 0.0800. The second-order valence-electron chi connectivity index (χ2n) is 8.12. The summed E-state index contributed by atoms with van der Waals surface area (Å²) in [4.78, 5) is 23.8. The zero-order chi connectivity index (χ0) is 25.6. The highest BCUT2D eigenvalue weighted by atomic mass is 19.4. The summed E-state index contributed by atoms with van der Waals surface area (Å²) in [6.45, 7) is 1.88. The third-order valence-electron chi connectivity index (χ3n) is 5.73. The number of aromatic nitrogens is 5. The van der Waals surface area contributed by atoms with Crippen LogP contribution in [0.15, 0.2) is 67.1 Å². The monoisotopic (exact) mass is 489 g/mol. The lowest BCUT2D eigenvalue weighted by molar-refractivity contribution is -0.141. The zero-order valence-electron chi connectivity index (χ0n) is 18.8. The molecule has 180 valence electrons. The van der Waals surface area contributed by atoms with Crippen LogP contribution in [-0.4, -0.2) is 30.6 Å². The summed E-state index contributed by atoms with van der Waals surface area (Å²) in [5, 5.41) is 5.24. The Hall–Kier alpha value is -4.80. The van der Waals surface area contributed by atoms with E-state index in [4.69, 9.17) is 11.5 Å². The normalized spacial score (nSPS) is 11.7. The number of rotatable bonds is 4. The van der Waals surface area contributed by atoms with Gasteiger partial charge in [-0.2, -0.15) is 18.3 Å². The number of nitrogen functional groups attached to an aromatic ring is 1. The highest BCUT2D eigenvalue weighted by Gasteiger charge is 2.33. The molecule has 3 heterocycles. The molecule has 0 atom stereocenters. The molecule has 3 aromatic heterocycles. The number of primary amides is 1. The maximum atomic E-state index is 13.3. The number of alkyl halides is 3. The van der Waals surface area contributed by atoms with Gasteiger partial charge in [-0.25, -0.2) is 19.6 Å². The van der Waals surface area contributed by atoms with Crippen molar-refractivity contribution in [3.8, 4) is 28.2 Å². The van der Waals surface area contributed by atoms with E-state index in [9.17, 15) is 18.0 Å². The number of benzene rings is 2. The average molecular weight is 489 g/mol. The van der Waals surface area contributed by atoms with Crippen LogP contribution in [0, 0.1) is 6.92 Å². The number of nitrogens with zero attached hydrogens (tertiary/aromatic N) is 5. The summed E-state index contributed by atoms with van der Waals surface area (Å²) >= 11 is 0. The first-order valence-corrected chi connectivity index (χ1v) is 10.7. The molecule has 1 amide bonds. The van der Waals surface area contributed by atoms with E-state index in [1.165, 1.54) is 6.33 Å². The lowest BCUT2D eigenvalue weighted by Crippen LogP contribution is -2.16.